The Morgan fingerprint density at radius 1 is 1.19 bits per heavy atom. The average molecular weight is 283 g/mol. The third-order valence-electron chi connectivity index (χ3n) is 2.87. The standard InChI is InChI=1S/C14H9N3O4/c18-11-5-6-15-7-10(11)13-16-12(17-21-13)8-1-3-9(4-2-8)14(19)20/h1-7H,(H,15,18)(H,19,20). The number of hydrogen-bond acceptors (Lipinski definition) is 5. The van der Waals surface area contributed by atoms with Crippen LogP contribution in [-0.2, 0) is 0 Å². The van der Waals surface area contributed by atoms with Gasteiger partial charge < -0.3 is 14.6 Å². The van der Waals surface area contributed by atoms with Gasteiger partial charge in [0.1, 0.15) is 5.56 Å². The van der Waals surface area contributed by atoms with Gasteiger partial charge in [-0.15, -0.1) is 0 Å². The topological polar surface area (TPSA) is 109 Å². The predicted molar refractivity (Wildman–Crippen MR) is 72.8 cm³/mol. The van der Waals surface area contributed by atoms with Crippen molar-refractivity contribution in [2.24, 2.45) is 0 Å². The summed E-state index contributed by atoms with van der Waals surface area (Å²) in [6.45, 7) is 0. The van der Waals surface area contributed by atoms with Crippen molar-refractivity contribution >= 4 is 5.97 Å². The molecule has 3 rings (SSSR count). The quantitative estimate of drug-likeness (QED) is 0.758. The first kappa shape index (κ1) is 12.8. The predicted octanol–water partition coefficient (Wildman–Crippen LogP) is 1.79. The number of pyridine rings is 1. The summed E-state index contributed by atoms with van der Waals surface area (Å²) < 4.78 is 5.07. The summed E-state index contributed by atoms with van der Waals surface area (Å²) in [6, 6.07) is 7.41. The zero-order valence-electron chi connectivity index (χ0n) is 10.6. The number of H-pyrrole nitrogens is 1. The van der Waals surface area contributed by atoms with Crippen LogP contribution < -0.4 is 5.43 Å². The normalized spacial score (nSPS) is 10.5. The zero-order valence-corrected chi connectivity index (χ0v) is 10.6. The van der Waals surface area contributed by atoms with Gasteiger partial charge in [0.25, 0.3) is 5.89 Å². The Morgan fingerprint density at radius 3 is 2.62 bits per heavy atom. The molecule has 0 fully saturated rings. The Hall–Kier alpha value is -3.22. The molecule has 0 radical (unpaired) electrons. The molecule has 3 aromatic rings. The third-order valence-corrected chi connectivity index (χ3v) is 2.87. The number of aromatic carboxylic acids is 1. The Kier molecular flexibility index (Phi) is 3.07. The molecule has 0 saturated heterocycles. The maximum Gasteiger partial charge on any atom is 0.335 e. The van der Waals surface area contributed by atoms with Crippen molar-refractivity contribution in [3.63, 3.8) is 0 Å². The Bertz CT molecular complexity index is 849. The first-order valence-electron chi connectivity index (χ1n) is 6.00. The molecule has 2 aromatic heterocycles. The molecular weight excluding hydrogens is 274 g/mol. The number of aromatic nitrogens is 3. The molecule has 7 heteroatoms. The lowest BCUT2D eigenvalue weighted by Gasteiger charge is -1.95. The second-order valence-electron chi connectivity index (χ2n) is 4.23. The number of carboxylic acids is 1. The van der Waals surface area contributed by atoms with Crippen LogP contribution in [0.15, 0.2) is 52.0 Å². The maximum absolute atomic E-state index is 11.7. The molecule has 104 valence electrons. The van der Waals surface area contributed by atoms with Gasteiger partial charge in [0.15, 0.2) is 5.43 Å². The van der Waals surface area contributed by atoms with Crippen molar-refractivity contribution in [2.45, 2.75) is 0 Å². The summed E-state index contributed by atoms with van der Waals surface area (Å²) in [6.07, 6.45) is 2.99. The lowest BCUT2D eigenvalue weighted by atomic mass is 10.1. The van der Waals surface area contributed by atoms with E-state index in [0.29, 0.717) is 5.56 Å². The fraction of sp³-hybridized carbons (Fsp3) is 0. The minimum Gasteiger partial charge on any atom is -0.478 e. The molecule has 2 heterocycles. The Labute approximate surface area is 117 Å². The van der Waals surface area contributed by atoms with E-state index in [4.69, 9.17) is 9.63 Å². The van der Waals surface area contributed by atoms with Crippen LogP contribution in [0.2, 0.25) is 0 Å². The number of benzene rings is 1. The molecule has 0 spiro atoms. The van der Waals surface area contributed by atoms with E-state index in [9.17, 15) is 9.59 Å². The van der Waals surface area contributed by atoms with Crippen molar-refractivity contribution in [3.8, 4) is 22.8 Å². The summed E-state index contributed by atoms with van der Waals surface area (Å²) in [5.74, 6) is -0.620. The van der Waals surface area contributed by atoms with Crippen LogP contribution in [0.3, 0.4) is 0 Å². The van der Waals surface area contributed by atoms with E-state index in [2.05, 4.69) is 15.1 Å². The van der Waals surface area contributed by atoms with Crippen LogP contribution in [-0.4, -0.2) is 26.2 Å². The summed E-state index contributed by atoms with van der Waals surface area (Å²) in [4.78, 5) is 29.4. The molecule has 2 N–H and O–H groups in total. The minimum atomic E-state index is -1.01. The summed E-state index contributed by atoms with van der Waals surface area (Å²) in [5.41, 5.74) is 0.813. The fourth-order valence-electron chi connectivity index (χ4n) is 1.80. The number of aromatic amines is 1. The summed E-state index contributed by atoms with van der Waals surface area (Å²) in [5, 5.41) is 12.6. The smallest absolute Gasteiger partial charge is 0.335 e. The highest BCUT2D eigenvalue weighted by molar-refractivity contribution is 5.88. The van der Waals surface area contributed by atoms with E-state index < -0.39 is 5.97 Å². The van der Waals surface area contributed by atoms with Crippen LogP contribution in [0.5, 0.6) is 0 Å². The molecule has 0 aliphatic carbocycles. The molecule has 0 aliphatic rings. The molecule has 0 bridgehead atoms. The van der Waals surface area contributed by atoms with Gasteiger partial charge in [-0.2, -0.15) is 4.98 Å². The third kappa shape index (κ3) is 2.44. The van der Waals surface area contributed by atoms with E-state index in [1.807, 2.05) is 0 Å². The van der Waals surface area contributed by atoms with E-state index in [0.717, 1.165) is 0 Å². The van der Waals surface area contributed by atoms with Crippen molar-refractivity contribution in [1.82, 2.24) is 15.1 Å². The number of nitrogens with one attached hydrogen (secondary N) is 1. The largest absolute Gasteiger partial charge is 0.478 e. The Morgan fingerprint density at radius 2 is 1.95 bits per heavy atom. The van der Waals surface area contributed by atoms with Gasteiger partial charge in [0.2, 0.25) is 5.82 Å². The van der Waals surface area contributed by atoms with Crippen LogP contribution in [0, 0.1) is 0 Å². The molecule has 21 heavy (non-hydrogen) atoms. The first-order chi connectivity index (χ1) is 10.1. The highest BCUT2D eigenvalue weighted by Crippen LogP contribution is 2.20. The van der Waals surface area contributed by atoms with Crippen LogP contribution in [0.1, 0.15) is 10.4 Å². The van der Waals surface area contributed by atoms with E-state index in [1.165, 1.54) is 30.6 Å². The minimum absolute atomic E-state index is 0.106. The van der Waals surface area contributed by atoms with Gasteiger partial charge in [0.05, 0.1) is 5.56 Å². The van der Waals surface area contributed by atoms with Gasteiger partial charge in [-0.25, -0.2) is 4.79 Å². The maximum atomic E-state index is 11.7. The molecule has 0 aliphatic heterocycles. The highest BCUT2D eigenvalue weighted by Gasteiger charge is 2.13. The van der Waals surface area contributed by atoms with Crippen LogP contribution >= 0.6 is 0 Å². The van der Waals surface area contributed by atoms with Gasteiger partial charge >= 0.3 is 5.97 Å². The molecule has 1 aromatic carbocycles. The molecule has 7 nitrogen and oxygen atoms in total. The SMILES string of the molecule is O=C(O)c1ccc(-c2noc(-c3c[nH]ccc3=O)n2)cc1. The van der Waals surface area contributed by atoms with Gasteiger partial charge in [-0.1, -0.05) is 17.3 Å². The van der Waals surface area contributed by atoms with Gasteiger partial charge in [0, 0.05) is 24.0 Å². The fourth-order valence-corrected chi connectivity index (χ4v) is 1.80. The van der Waals surface area contributed by atoms with Crippen molar-refractivity contribution in [2.75, 3.05) is 0 Å². The van der Waals surface area contributed by atoms with Crippen molar-refractivity contribution in [3.05, 3.63) is 58.5 Å². The van der Waals surface area contributed by atoms with E-state index in [1.54, 1.807) is 12.1 Å². The van der Waals surface area contributed by atoms with Crippen LogP contribution in [0.25, 0.3) is 22.8 Å². The number of nitrogens with zero attached hydrogens (tertiary/aromatic N) is 2. The first-order valence-corrected chi connectivity index (χ1v) is 6.00. The number of carbonyl (C=O) groups is 1. The molecule has 0 atom stereocenters. The summed E-state index contributed by atoms with van der Waals surface area (Å²) in [7, 11) is 0. The average Bonchev–Trinajstić information content (AvgIpc) is 2.97. The van der Waals surface area contributed by atoms with E-state index >= 15 is 0 Å². The second-order valence-corrected chi connectivity index (χ2v) is 4.23. The molecule has 0 saturated carbocycles. The monoisotopic (exact) mass is 283 g/mol. The van der Waals surface area contributed by atoms with Crippen molar-refractivity contribution in [1.29, 1.82) is 0 Å². The lowest BCUT2D eigenvalue weighted by molar-refractivity contribution is 0.0697. The highest BCUT2D eigenvalue weighted by atomic mass is 16.5. The number of carboxylic acid groups (broad SMARTS) is 1. The van der Waals surface area contributed by atoms with Gasteiger partial charge in [-0.05, 0) is 12.1 Å². The molecule has 0 unspecified atom stereocenters. The number of rotatable bonds is 3. The number of hydrogen-bond donors (Lipinski definition) is 2. The zero-order chi connectivity index (χ0) is 14.8. The van der Waals surface area contributed by atoms with Crippen molar-refractivity contribution < 1.29 is 14.4 Å². The molecular formula is C14H9N3O4. The lowest BCUT2D eigenvalue weighted by Crippen LogP contribution is -2.02. The second kappa shape index (κ2) is 5.04. The summed E-state index contributed by atoms with van der Waals surface area (Å²) >= 11 is 0. The Balaban J connectivity index is 1.97. The molecule has 0 amide bonds. The van der Waals surface area contributed by atoms with E-state index in [-0.39, 0.29) is 28.3 Å². The van der Waals surface area contributed by atoms with Crippen LogP contribution in [0.4, 0.5) is 0 Å². The van der Waals surface area contributed by atoms with Gasteiger partial charge in [-0.3, -0.25) is 4.79 Å².